The van der Waals surface area contributed by atoms with Crippen LogP contribution in [0.4, 0.5) is 23.4 Å². The topological polar surface area (TPSA) is 43.8 Å². The zero-order valence-corrected chi connectivity index (χ0v) is 11.6. The second kappa shape index (κ2) is 5.38. The van der Waals surface area contributed by atoms with Crippen LogP contribution in [0.5, 0.6) is 0 Å². The Bertz CT molecular complexity index is 644. The van der Waals surface area contributed by atoms with Gasteiger partial charge < -0.3 is 10.3 Å². The second-order valence-electron chi connectivity index (χ2n) is 5.21. The van der Waals surface area contributed by atoms with Gasteiger partial charge in [-0.05, 0) is 24.1 Å². The number of hydrogen-bond donors (Lipinski definition) is 1. The molecule has 0 saturated carbocycles. The van der Waals surface area contributed by atoms with Crippen LogP contribution < -0.4 is 5.73 Å². The van der Waals surface area contributed by atoms with Crippen molar-refractivity contribution in [2.24, 2.45) is 5.92 Å². The maximum absolute atomic E-state index is 13.1. The first-order valence-electron chi connectivity index (χ1n) is 6.38. The highest BCUT2D eigenvalue weighted by molar-refractivity contribution is 5.73. The van der Waals surface area contributed by atoms with Crippen molar-refractivity contribution in [1.82, 2.24) is 9.55 Å². The summed E-state index contributed by atoms with van der Waals surface area (Å²) in [5.74, 6) is -0.545. The lowest BCUT2D eigenvalue weighted by molar-refractivity contribution is -0.137. The molecule has 0 atom stereocenters. The maximum Gasteiger partial charge on any atom is 0.417 e. The van der Waals surface area contributed by atoms with Gasteiger partial charge in [0.15, 0.2) is 0 Å². The van der Waals surface area contributed by atoms with Gasteiger partial charge in [0.05, 0.1) is 11.9 Å². The highest BCUT2D eigenvalue weighted by Crippen LogP contribution is 2.38. The summed E-state index contributed by atoms with van der Waals surface area (Å²) in [5.41, 5.74) is 4.59. The highest BCUT2D eigenvalue weighted by atomic mass is 19.4. The van der Waals surface area contributed by atoms with Crippen molar-refractivity contribution in [2.45, 2.75) is 26.6 Å². The minimum absolute atomic E-state index is 0.0166. The van der Waals surface area contributed by atoms with Crippen molar-refractivity contribution in [2.75, 3.05) is 5.73 Å². The number of alkyl halides is 3. The number of hydrogen-bond acceptors (Lipinski definition) is 2. The average molecular weight is 301 g/mol. The van der Waals surface area contributed by atoms with Gasteiger partial charge in [0.2, 0.25) is 0 Å². The number of nitrogens with zero attached hydrogens (tertiary/aromatic N) is 2. The molecule has 1 heterocycles. The van der Waals surface area contributed by atoms with E-state index in [4.69, 9.17) is 5.73 Å². The monoisotopic (exact) mass is 301 g/mol. The Labute approximate surface area is 119 Å². The second-order valence-corrected chi connectivity index (χ2v) is 5.21. The molecular formula is C14H15F4N3. The van der Waals surface area contributed by atoms with Crippen molar-refractivity contribution >= 4 is 5.82 Å². The molecule has 0 saturated heterocycles. The first-order valence-corrected chi connectivity index (χ1v) is 6.38. The summed E-state index contributed by atoms with van der Waals surface area (Å²) >= 11 is 0. The maximum atomic E-state index is 13.1. The molecule has 7 heteroatoms. The van der Waals surface area contributed by atoms with Crippen LogP contribution >= 0.6 is 0 Å². The highest BCUT2D eigenvalue weighted by Gasteiger charge is 2.35. The predicted molar refractivity (Wildman–Crippen MR) is 71.9 cm³/mol. The molecule has 0 aliphatic rings. The van der Waals surface area contributed by atoms with Gasteiger partial charge in [-0.15, -0.1) is 0 Å². The van der Waals surface area contributed by atoms with Crippen molar-refractivity contribution in [1.29, 1.82) is 0 Å². The third-order valence-electron chi connectivity index (χ3n) is 2.98. The summed E-state index contributed by atoms with van der Waals surface area (Å²) in [6.45, 7) is 4.46. The average Bonchev–Trinajstić information content (AvgIpc) is 2.69. The molecule has 2 rings (SSSR count). The lowest BCUT2D eigenvalue weighted by atomic mass is 10.0. The summed E-state index contributed by atoms with van der Waals surface area (Å²) in [4.78, 5) is 3.96. The Morgan fingerprint density at radius 2 is 1.95 bits per heavy atom. The Morgan fingerprint density at radius 3 is 2.52 bits per heavy atom. The predicted octanol–water partition coefficient (Wildman–Crippen LogP) is 3.95. The van der Waals surface area contributed by atoms with E-state index in [-0.39, 0.29) is 23.0 Å². The molecule has 0 bridgehead atoms. The third-order valence-corrected chi connectivity index (χ3v) is 2.98. The van der Waals surface area contributed by atoms with Gasteiger partial charge in [-0.3, -0.25) is 0 Å². The van der Waals surface area contributed by atoms with Gasteiger partial charge >= 0.3 is 6.18 Å². The zero-order valence-electron chi connectivity index (χ0n) is 11.6. The Balaban J connectivity index is 2.55. The number of benzene rings is 1. The van der Waals surface area contributed by atoms with E-state index in [0.29, 0.717) is 12.6 Å². The molecule has 114 valence electrons. The first kappa shape index (κ1) is 15.3. The smallest absolute Gasteiger partial charge is 0.383 e. The van der Waals surface area contributed by atoms with Crippen molar-refractivity contribution < 1.29 is 17.6 Å². The minimum Gasteiger partial charge on any atom is -0.383 e. The number of rotatable bonds is 3. The largest absolute Gasteiger partial charge is 0.417 e. The molecule has 0 unspecified atom stereocenters. The van der Waals surface area contributed by atoms with Crippen LogP contribution in [0.2, 0.25) is 0 Å². The fourth-order valence-electron chi connectivity index (χ4n) is 2.10. The van der Waals surface area contributed by atoms with Crippen LogP contribution in [0.15, 0.2) is 24.5 Å². The third kappa shape index (κ3) is 3.17. The number of nitrogens with two attached hydrogens (primary N) is 1. The van der Waals surface area contributed by atoms with E-state index in [9.17, 15) is 17.6 Å². The number of aromatic nitrogens is 2. The molecular weight excluding hydrogens is 286 g/mol. The molecule has 3 nitrogen and oxygen atoms in total. The normalized spacial score (nSPS) is 12.1. The fraction of sp³-hybridized carbons (Fsp3) is 0.357. The van der Waals surface area contributed by atoms with E-state index in [0.717, 1.165) is 12.1 Å². The lowest BCUT2D eigenvalue weighted by Gasteiger charge is -2.13. The van der Waals surface area contributed by atoms with Crippen LogP contribution in [-0.2, 0) is 12.7 Å². The lowest BCUT2D eigenvalue weighted by Crippen LogP contribution is -2.10. The summed E-state index contributed by atoms with van der Waals surface area (Å²) in [5, 5.41) is 0. The van der Waals surface area contributed by atoms with Crippen LogP contribution in [0.3, 0.4) is 0 Å². The quantitative estimate of drug-likeness (QED) is 0.872. The Morgan fingerprint density at radius 1 is 1.29 bits per heavy atom. The summed E-state index contributed by atoms with van der Waals surface area (Å²) in [6, 6.07) is 2.47. The minimum atomic E-state index is -4.67. The molecule has 1 aromatic heterocycles. The van der Waals surface area contributed by atoms with E-state index < -0.39 is 17.6 Å². The molecule has 1 aromatic carbocycles. The van der Waals surface area contributed by atoms with Crippen LogP contribution in [0.1, 0.15) is 19.4 Å². The van der Waals surface area contributed by atoms with E-state index >= 15 is 0 Å². The standard InChI is InChI=1S/C14H15F4N3/c1-8(2)6-21-7-20-12(13(21)19)10-4-3-9(15)5-11(10)14(16,17)18/h3-5,7-8H,6,19H2,1-2H3. The van der Waals surface area contributed by atoms with Crippen LogP contribution in [0.25, 0.3) is 11.3 Å². The Hall–Kier alpha value is -2.05. The molecule has 0 radical (unpaired) electrons. The number of halogens is 4. The summed E-state index contributed by atoms with van der Waals surface area (Å²) in [6.07, 6.45) is -3.28. The van der Waals surface area contributed by atoms with Crippen LogP contribution in [0, 0.1) is 11.7 Å². The Kier molecular flexibility index (Phi) is 3.93. The van der Waals surface area contributed by atoms with Crippen molar-refractivity contribution in [3.63, 3.8) is 0 Å². The van der Waals surface area contributed by atoms with Gasteiger partial charge in [-0.2, -0.15) is 13.2 Å². The van der Waals surface area contributed by atoms with E-state index in [1.165, 1.54) is 6.33 Å². The van der Waals surface area contributed by atoms with Crippen molar-refractivity contribution in [3.05, 3.63) is 35.9 Å². The van der Waals surface area contributed by atoms with E-state index in [1.54, 1.807) is 4.57 Å². The fourth-order valence-corrected chi connectivity index (χ4v) is 2.10. The van der Waals surface area contributed by atoms with Gasteiger partial charge in [-0.25, -0.2) is 9.37 Å². The molecule has 0 aliphatic carbocycles. The molecule has 0 spiro atoms. The van der Waals surface area contributed by atoms with Crippen LogP contribution in [-0.4, -0.2) is 9.55 Å². The SMILES string of the molecule is CC(C)Cn1cnc(-c2ccc(F)cc2C(F)(F)F)c1N. The summed E-state index contributed by atoms with van der Waals surface area (Å²) < 4.78 is 53.8. The summed E-state index contributed by atoms with van der Waals surface area (Å²) in [7, 11) is 0. The molecule has 0 amide bonds. The first-order chi connectivity index (χ1) is 9.70. The molecule has 0 fully saturated rings. The molecule has 2 aromatic rings. The van der Waals surface area contributed by atoms with Gasteiger partial charge in [-0.1, -0.05) is 13.8 Å². The van der Waals surface area contributed by atoms with Gasteiger partial charge in [0.1, 0.15) is 17.3 Å². The molecule has 2 N–H and O–H groups in total. The van der Waals surface area contributed by atoms with E-state index in [1.807, 2.05) is 13.8 Å². The van der Waals surface area contributed by atoms with Gasteiger partial charge in [0, 0.05) is 12.1 Å². The number of anilines is 1. The number of imidazole rings is 1. The van der Waals surface area contributed by atoms with Crippen molar-refractivity contribution in [3.8, 4) is 11.3 Å². The molecule has 0 aliphatic heterocycles. The van der Waals surface area contributed by atoms with E-state index in [2.05, 4.69) is 4.98 Å². The number of nitrogen functional groups attached to an aromatic ring is 1. The van der Waals surface area contributed by atoms with Gasteiger partial charge in [0.25, 0.3) is 0 Å². The molecule has 21 heavy (non-hydrogen) atoms. The zero-order chi connectivity index (χ0) is 15.8.